The average molecular weight is 342 g/mol. The highest BCUT2D eigenvalue weighted by Gasteiger charge is 2.14. The van der Waals surface area contributed by atoms with Crippen LogP contribution < -0.4 is 5.32 Å². The van der Waals surface area contributed by atoms with Crippen LogP contribution in [0.3, 0.4) is 0 Å². The lowest BCUT2D eigenvalue weighted by molar-refractivity contribution is 0.0943. The SMILES string of the molecule is Cc1cc(CCCNC(=O)c2cc(-c3ccc(F)cc3)nn2C)on1. The topological polar surface area (TPSA) is 73.0 Å². The number of carbonyl (C=O) groups is 1. The molecule has 7 heteroatoms. The summed E-state index contributed by atoms with van der Waals surface area (Å²) >= 11 is 0. The van der Waals surface area contributed by atoms with Crippen molar-refractivity contribution in [3.63, 3.8) is 0 Å². The maximum absolute atomic E-state index is 13.0. The molecule has 2 aromatic heterocycles. The first kappa shape index (κ1) is 16.9. The summed E-state index contributed by atoms with van der Waals surface area (Å²) in [6.07, 6.45) is 1.47. The Bertz CT molecular complexity index is 868. The Morgan fingerprint density at radius 1 is 1.28 bits per heavy atom. The fraction of sp³-hybridized carbons (Fsp3) is 0.278. The zero-order valence-electron chi connectivity index (χ0n) is 14.1. The third-order valence-electron chi connectivity index (χ3n) is 3.81. The van der Waals surface area contributed by atoms with Crippen LogP contribution in [0.15, 0.2) is 40.9 Å². The molecular weight excluding hydrogens is 323 g/mol. The van der Waals surface area contributed by atoms with Crippen molar-refractivity contribution < 1.29 is 13.7 Å². The zero-order chi connectivity index (χ0) is 17.8. The summed E-state index contributed by atoms with van der Waals surface area (Å²) < 4.78 is 19.7. The number of nitrogens with one attached hydrogen (secondary N) is 1. The van der Waals surface area contributed by atoms with Crippen LogP contribution in [0.5, 0.6) is 0 Å². The maximum Gasteiger partial charge on any atom is 0.269 e. The molecule has 0 spiro atoms. The molecular formula is C18H19FN4O2. The Morgan fingerprint density at radius 2 is 2.04 bits per heavy atom. The molecule has 1 amide bonds. The Balaban J connectivity index is 1.57. The Labute approximate surface area is 144 Å². The molecule has 0 bridgehead atoms. The molecule has 1 aromatic carbocycles. The molecule has 0 saturated heterocycles. The number of hydrogen-bond acceptors (Lipinski definition) is 4. The van der Waals surface area contributed by atoms with Crippen LogP contribution in [0, 0.1) is 12.7 Å². The second-order valence-electron chi connectivity index (χ2n) is 5.84. The molecule has 3 rings (SSSR count). The van der Waals surface area contributed by atoms with E-state index in [0.29, 0.717) is 24.4 Å². The van der Waals surface area contributed by atoms with Crippen LogP contribution in [0.25, 0.3) is 11.3 Å². The molecule has 0 atom stereocenters. The van der Waals surface area contributed by atoms with Gasteiger partial charge in [-0.2, -0.15) is 5.10 Å². The number of rotatable bonds is 6. The fourth-order valence-corrected chi connectivity index (χ4v) is 2.53. The van der Waals surface area contributed by atoms with E-state index in [-0.39, 0.29) is 11.7 Å². The predicted molar refractivity (Wildman–Crippen MR) is 90.5 cm³/mol. The first-order valence-corrected chi connectivity index (χ1v) is 8.03. The van der Waals surface area contributed by atoms with Crippen molar-refractivity contribution >= 4 is 5.91 Å². The second-order valence-corrected chi connectivity index (χ2v) is 5.84. The number of halogens is 1. The number of aromatic nitrogens is 3. The first-order valence-electron chi connectivity index (χ1n) is 8.03. The molecule has 0 saturated carbocycles. The summed E-state index contributed by atoms with van der Waals surface area (Å²) in [5.74, 6) is 0.308. The zero-order valence-corrected chi connectivity index (χ0v) is 14.1. The highest BCUT2D eigenvalue weighted by molar-refractivity contribution is 5.93. The Kier molecular flexibility index (Phi) is 4.92. The minimum absolute atomic E-state index is 0.197. The van der Waals surface area contributed by atoms with Gasteiger partial charge in [0.2, 0.25) is 0 Å². The number of amides is 1. The van der Waals surface area contributed by atoms with Gasteiger partial charge in [0.1, 0.15) is 17.3 Å². The molecule has 2 heterocycles. The van der Waals surface area contributed by atoms with Gasteiger partial charge in [-0.3, -0.25) is 9.48 Å². The van der Waals surface area contributed by atoms with E-state index in [1.165, 1.54) is 16.8 Å². The van der Waals surface area contributed by atoms with E-state index in [1.54, 1.807) is 25.2 Å². The van der Waals surface area contributed by atoms with Crippen LogP contribution in [-0.4, -0.2) is 27.4 Å². The van der Waals surface area contributed by atoms with Crippen LogP contribution >= 0.6 is 0 Å². The van der Waals surface area contributed by atoms with Gasteiger partial charge in [0.25, 0.3) is 5.91 Å². The van der Waals surface area contributed by atoms with Gasteiger partial charge in [-0.25, -0.2) is 4.39 Å². The van der Waals surface area contributed by atoms with E-state index in [9.17, 15) is 9.18 Å². The molecule has 0 aliphatic rings. The molecule has 6 nitrogen and oxygen atoms in total. The molecule has 1 N–H and O–H groups in total. The van der Waals surface area contributed by atoms with E-state index in [1.807, 2.05) is 13.0 Å². The fourth-order valence-electron chi connectivity index (χ4n) is 2.53. The summed E-state index contributed by atoms with van der Waals surface area (Å²) in [6.45, 7) is 2.39. The van der Waals surface area contributed by atoms with Crippen molar-refractivity contribution in [2.24, 2.45) is 7.05 Å². The van der Waals surface area contributed by atoms with Crippen LogP contribution in [-0.2, 0) is 13.5 Å². The van der Waals surface area contributed by atoms with Crippen molar-refractivity contribution in [2.75, 3.05) is 6.54 Å². The van der Waals surface area contributed by atoms with Gasteiger partial charge in [0.15, 0.2) is 0 Å². The highest BCUT2D eigenvalue weighted by Crippen LogP contribution is 2.19. The van der Waals surface area contributed by atoms with Crippen LogP contribution in [0.2, 0.25) is 0 Å². The molecule has 130 valence electrons. The van der Waals surface area contributed by atoms with Gasteiger partial charge in [0, 0.05) is 31.6 Å². The minimum atomic E-state index is -0.306. The van der Waals surface area contributed by atoms with Crippen molar-refractivity contribution in [1.82, 2.24) is 20.3 Å². The molecule has 0 unspecified atom stereocenters. The van der Waals surface area contributed by atoms with Crippen LogP contribution in [0.4, 0.5) is 4.39 Å². The number of benzene rings is 1. The van der Waals surface area contributed by atoms with Gasteiger partial charge in [-0.15, -0.1) is 0 Å². The van der Waals surface area contributed by atoms with E-state index in [2.05, 4.69) is 15.6 Å². The Hall–Kier alpha value is -2.96. The number of hydrogen-bond donors (Lipinski definition) is 1. The standard InChI is InChI=1S/C18H19FN4O2/c1-12-10-15(25-22-12)4-3-9-20-18(24)17-11-16(21-23(17)2)13-5-7-14(19)8-6-13/h5-8,10-11H,3-4,9H2,1-2H3,(H,20,24). The summed E-state index contributed by atoms with van der Waals surface area (Å²) in [5.41, 5.74) is 2.69. The monoisotopic (exact) mass is 342 g/mol. The molecule has 0 radical (unpaired) electrons. The number of aryl methyl sites for hydroxylation is 3. The molecule has 3 aromatic rings. The highest BCUT2D eigenvalue weighted by atomic mass is 19.1. The van der Waals surface area contributed by atoms with Crippen molar-refractivity contribution in [3.8, 4) is 11.3 Å². The normalized spacial score (nSPS) is 10.8. The summed E-state index contributed by atoms with van der Waals surface area (Å²) in [4.78, 5) is 12.3. The van der Waals surface area contributed by atoms with Crippen molar-refractivity contribution in [3.05, 3.63) is 59.4 Å². The maximum atomic E-state index is 13.0. The van der Waals surface area contributed by atoms with E-state index >= 15 is 0 Å². The van der Waals surface area contributed by atoms with Crippen molar-refractivity contribution in [2.45, 2.75) is 19.8 Å². The van der Waals surface area contributed by atoms with Gasteiger partial charge < -0.3 is 9.84 Å². The quantitative estimate of drug-likeness (QED) is 0.699. The average Bonchev–Trinajstić information content (AvgIpc) is 3.18. The van der Waals surface area contributed by atoms with Crippen molar-refractivity contribution in [1.29, 1.82) is 0 Å². The Morgan fingerprint density at radius 3 is 2.72 bits per heavy atom. The molecule has 25 heavy (non-hydrogen) atoms. The molecule has 0 aliphatic heterocycles. The number of carbonyl (C=O) groups excluding carboxylic acids is 1. The third-order valence-corrected chi connectivity index (χ3v) is 3.81. The molecule has 0 aliphatic carbocycles. The van der Waals surface area contributed by atoms with E-state index in [4.69, 9.17) is 4.52 Å². The summed E-state index contributed by atoms with van der Waals surface area (Å²) in [6, 6.07) is 9.60. The smallest absolute Gasteiger partial charge is 0.269 e. The molecule has 0 fully saturated rings. The lowest BCUT2D eigenvalue weighted by atomic mass is 10.1. The summed E-state index contributed by atoms with van der Waals surface area (Å²) in [7, 11) is 1.71. The van der Waals surface area contributed by atoms with Gasteiger partial charge in [-0.05, 0) is 43.7 Å². The lowest BCUT2D eigenvalue weighted by Gasteiger charge is -2.04. The minimum Gasteiger partial charge on any atom is -0.361 e. The first-order chi connectivity index (χ1) is 12.0. The summed E-state index contributed by atoms with van der Waals surface area (Å²) in [5, 5.41) is 11.0. The van der Waals surface area contributed by atoms with Crippen LogP contribution in [0.1, 0.15) is 28.4 Å². The largest absolute Gasteiger partial charge is 0.361 e. The van der Waals surface area contributed by atoms with Gasteiger partial charge in [-0.1, -0.05) is 5.16 Å². The van der Waals surface area contributed by atoms with Gasteiger partial charge >= 0.3 is 0 Å². The lowest BCUT2D eigenvalue weighted by Crippen LogP contribution is -2.26. The van der Waals surface area contributed by atoms with Gasteiger partial charge in [0.05, 0.1) is 11.4 Å². The number of nitrogens with zero attached hydrogens (tertiary/aromatic N) is 3. The third kappa shape index (κ3) is 4.12. The second kappa shape index (κ2) is 7.29. The van der Waals surface area contributed by atoms with E-state index < -0.39 is 0 Å². The van der Waals surface area contributed by atoms with E-state index in [0.717, 1.165) is 23.4 Å². The predicted octanol–water partition coefficient (Wildman–Crippen LogP) is 2.89.